The Morgan fingerprint density at radius 3 is 2.55 bits per heavy atom. The molecule has 0 radical (unpaired) electrons. The smallest absolute Gasteiger partial charge is 0.0230 e. The molecule has 62 valence electrons. The lowest BCUT2D eigenvalue weighted by Crippen LogP contribution is -2.26. The minimum atomic E-state index is 0.206. The van der Waals surface area contributed by atoms with E-state index in [9.17, 15) is 0 Å². The van der Waals surface area contributed by atoms with Crippen LogP contribution in [0.2, 0.25) is 0 Å². The van der Waals surface area contributed by atoms with Crippen LogP contribution >= 0.6 is 0 Å². The fourth-order valence-electron chi connectivity index (χ4n) is 1.53. The summed E-state index contributed by atoms with van der Waals surface area (Å²) in [6.45, 7) is 6.52. The summed E-state index contributed by atoms with van der Waals surface area (Å²) in [5.74, 6) is 1.25. The second-order valence-corrected chi connectivity index (χ2v) is 3.49. The Hall–Kier alpha value is -0.560. The Morgan fingerprint density at radius 2 is 2.09 bits per heavy atom. The zero-order valence-corrected chi connectivity index (χ0v) is 7.54. The van der Waals surface area contributed by atoms with Crippen LogP contribution in [0.15, 0.2) is 23.8 Å². The van der Waals surface area contributed by atoms with E-state index >= 15 is 0 Å². The van der Waals surface area contributed by atoms with Crippen LogP contribution in [0.4, 0.5) is 0 Å². The molecule has 3 atom stereocenters. The molecule has 1 aliphatic rings. The van der Waals surface area contributed by atoms with Gasteiger partial charge in [0.2, 0.25) is 0 Å². The summed E-state index contributed by atoms with van der Waals surface area (Å²) in [5.41, 5.74) is 7.19. The van der Waals surface area contributed by atoms with Gasteiger partial charge in [-0.25, -0.2) is 0 Å². The van der Waals surface area contributed by atoms with Gasteiger partial charge in [-0.3, -0.25) is 0 Å². The third-order valence-corrected chi connectivity index (χ3v) is 2.54. The van der Waals surface area contributed by atoms with Crippen molar-refractivity contribution in [2.75, 3.05) is 0 Å². The molecular formula is C10H17N. The number of allylic oxidation sites excluding steroid dienone is 3. The molecule has 11 heavy (non-hydrogen) atoms. The summed E-state index contributed by atoms with van der Waals surface area (Å²) < 4.78 is 0. The SMILES string of the molecule is CC(N)C1=CC=CC(C)C1C. The highest BCUT2D eigenvalue weighted by atomic mass is 14.6. The summed E-state index contributed by atoms with van der Waals surface area (Å²) in [6, 6.07) is 0.206. The average Bonchev–Trinajstić information content (AvgIpc) is 1.94. The van der Waals surface area contributed by atoms with Crippen molar-refractivity contribution in [2.24, 2.45) is 17.6 Å². The lowest BCUT2D eigenvalue weighted by molar-refractivity contribution is 0.494. The van der Waals surface area contributed by atoms with Crippen LogP contribution in [0.3, 0.4) is 0 Å². The van der Waals surface area contributed by atoms with Crippen LogP contribution in [0.5, 0.6) is 0 Å². The first kappa shape index (κ1) is 8.54. The maximum Gasteiger partial charge on any atom is 0.0230 e. The average molecular weight is 151 g/mol. The van der Waals surface area contributed by atoms with E-state index in [4.69, 9.17) is 5.73 Å². The fraction of sp³-hybridized carbons (Fsp3) is 0.600. The van der Waals surface area contributed by atoms with Crippen molar-refractivity contribution in [3.8, 4) is 0 Å². The van der Waals surface area contributed by atoms with Gasteiger partial charge >= 0.3 is 0 Å². The molecule has 1 heteroatoms. The molecule has 0 fully saturated rings. The lowest BCUT2D eigenvalue weighted by Gasteiger charge is -2.25. The third-order valence-electron chi connectivity index (χ3n) is 2.54. The van der Waals surface area contributed by atoms with Crippen LogP contribution in [0, 0.1) is 11.8 Å². The summed E-state index contributed by atoms with van der Waals surface area (Å²) in [6.07, 6.45) is 6.50. The molecule has 1 rings (SSSR count). The zero-order valence-electron chi connectivity index (χ0n) is 7.54. The minimum Gasteiger partial charge on any atom is -0.324 e. The van der Waals surface area contributed by atoms with Crippen LogP contribution in [-0.4, -0.2) is 6.04 Å². The van der Waals surface area contributed by atoms with Crippen LogP contribution in [0.1, 0.15) is 20.8 Å². The van der Waals surface area contributed by atoms with Crippen molar-refractivity contribution in [3.05, 3.63) is 23.8 Å². The Labute approximate surface area is 69.0 Å². The largest absolute Gasteiger partial charge is 0.324 e. The summed E-state index contributed by atoms with van der Waals surface area (Å²) in [4.78, 5) is 0. The van der Waals surface area contributed by atoms with Crippen LogP contribution in [0.25, 0.3) is 0 Å². The van der Waals surface area contributed by atoms with Crippen molar-refractivity contribution in [1.29, 1.82) is 0 Å². The van der Waals surface area contributed by atoms with Gasteiger partial charge in [0, 0.05) is 6.04 Å². The van der Waals surface area contributed by atoms with Gasteiger partial charge in [-0.2, -0.15) is 0 Å². The highest BCUT2D eigenvalue weighted by molar-refractivity contribution is 5.25. The lowest BCUT2D eigenvalue weighted by atomic mass is 9.82. The molecule has 1 nitrogen and oxygen atoms in total. The van der Waals surface area contributed by atoms with Crippen LogP contribution < -0.4 is 5.73 Å². The standard InChI is InChI=1S/C10H17N/c1-7-5-4-6-10(8(7)2)9(3)11/h4-9H,11H2,1-3H3. The first-order chi connectivity index (χ1) is 5.13. The van der Waals surface area contributed by atoms with E-state index in [0.717, 1.165) is 0 Å². The van der Waals surface area contributed by atoms with E-state index in [0.29, 0.717) is 11.8 Å². The van der Waals surface area contributed by atoms with Gasteiger partial charge in [0.15, 0.2) is 0 Å². The van der Waals surface area contributed by atoms with E-state index in [2.05, 4.69) is 32.1 Å². The highest BCUT2D eigenvalue weighted by Crippen LogP contribution is 2.26. The van der Waals surface area contributed by atoms with Gasteiger partial charge in [0.1, 0.15) is 0 Å². The van der Waals surface area contributed by atoms with Gasteiger partial charge in [0.25, 0.3) is 0 Å². The molecule has 0 aromatic rings. The molecule has 0 spiro atoms. The number of rotatable bonds is 1. The predicted octanol–water partition coefficient (Wildman–Crippen LogP) is 2.10. The number of hydrogen-bond acceptors (Lipinski definition) is 1. The first-order valence-corrected chi connectivity index (χ1v) is 4.26. The highest BCUT2D eigenvalue weighted by Gasteiger charge is 2.18. The molecule has 0 saturated heterocycles. The second kappa shape index (κ2) is 3.22. The zero-order chi connectivity index (χ0) is 8.43. The Balaban J connectivity index is 2.78. The van der Waals surface area contributed by atoms with E-state index in [1.807, 2.05) is 6.92 Å². The van der Waals surface area contributed by atoms with Gasteiger partial charge in [-0.15, -0.1) is 0 Å². The van der Waals surface area contributed by atoms with Crippen molar-refractivity contribution in [3.63, 3.8) is 0 Å². The van der Waals surface area contributed by atoms with Crippen molar-refractivity contribution >= 4 is 0 Å². The molecule has 0 amide bonds. The molecule has 2 N–H and O–H groups in total. The van der Waals surface area contributed by atoms with Crippen LogP contribution in [-0.2, 0) is 0 Å². The Bertz CT molecular complexity index is 189. The van der Waals surface area contributed by atoms with E-state index in [-0.39, 0.29) is 6.04 Å². The predicted molar refractivity (Wildman–Crippen MR) is 49.2 cm³/mol. The molecule has 0 aromatic heterocycles. The topological polar surface area (TPSA) is 26.0 Å². The van der Waals surface area contributed by atoms with Crippen molar-refractivity contribution in [2.45, 2.75) is 26.8 Å². The molecule has 0 saturated carbocycles. The second-order valence-electron chi connectivity index (χ2n) is 3.49. The Kier molecular flexibility index (Phi) is 2.50. The summed E-state index contributed by atoms with van der Waals surface area (Å²) >= 11 is 0. The molecule has 1 aliphatic carbocycles. The molecule has 0 heterocycles. The third kappa shape index (κ3) is 1.72. The molecule has 3 unspecified atom stereocenters. The van der Waals surface area contributed by atoms with Crippen molar-refractivity contribution < 1.29 is 0 Å². The Morgan fingerprint density at radius 1 is 1.45 bits per heavy atom. The van der Waals surface area contributed by atoms with E-state index < -0.39 is 0 Å². The maximum absolute atomic E-state index is 5.82. The monoisotopic (exact) mass is 151 g/mol. The fourth-order valence-corrected chi connectivity index (χ4v) is 1.53. The molecule has 0 aromatic carbocycles. The molecule has 0 aliphatic heterocycles. The quantitative estimate of drug-likeness (QED) is 0.610. The molecule has 0 bridgehead atoms. The number of nitrogens with two attached hydrogens (primary N) is 1. The van der Waals surface area contributed by atoms with Gasteiger partial charge in [-0.1, -0.05) is 37.6 Å². The van der Waals surface area contributed by atoms with Gasteiger partial charge in [0.05, 0.1) is 0 Å². The normalized spacial score (nSPS) is 33.3. The summed E-state index contributed by atoms with van der Waals surface area (Å²) in [5, 5.41) is 0. The molecular weight excluding hydrogens is 134 g/mol. The van der Waals surface area contributed by atoms with Gasteiger partial charge in [-0.05, 0) is 18.8 Å². The summed E-state index contributed by atoms with van der Waals surface area (Å²) in [7, 11) is 0. The number of hydrogen-bond donors (Lipinski definition) is 1. The first-order valence-electron chi connectivity index (χ1n) is 4.26. The van der Waals surface area contributed by atoms with E-state index in [1.165, 1.54) is 5.57 Å². The minimum absolute atomic E-state index is 0.206. The maximum atomic E-state index is 5.82. The van der Waals surface area contributed by atoms with Gasteiger partial charge < -0.3 is 5.73 Å². The van der Waals surface area contributed by atoms with Crippen molar-refractivity contribution in [1.82, 2.24) is 0 Å². The van der Waals surface area contributed by atoms with E-state index in [1.54, 1.807) is 0 Å².